The van der Waals surface area contributed by atoms with Crippen molar-refractivity contribution in [3.63, 3.8) is 0 Å². The third-order valence-corrected chi connectivity index (χ3v) is 4.96. The van der Waals surface area contributed by atoms with Crippen molar-refractivity contribution >= 4 is 11.5 Å². The van der Waals surface area contributed by atoms with E-state index in [4.69, 9.17) is 4.84 Å². The Hall–Kier alpha value is -1.32. The molecule has 0 spiro atoms. The van der Waals surface area contributed by atoms with Gasteiger partial charge in [-0.05, 0) is 25.2 Å². The van der Waals surface area contributed by atoms with E-state index >= 15 is 0 Å². The van der Waals surface area contributed by atoms with Crippen LogP contribution >= 0.6 is 0 Å². The van der Waals surface area contributed by atoms with E-state index in [1.807, 2.05) is 13.8 Å². The summed E-state index contributed by atoms with van der Waals surface area (Å²) in [6.07, 6.45) is 9.32. The molecule has 0 amide bonds. The standard InChI is InChI=1S/C18H29NO3/c1-3-15(19-22-4-2)18-16(20)11-14(12-17(18)21)13-9-7-5-6-8-10-13/h13-14,20H,3-12H2,1-2H3/b19-15+. The van der Waals surface area contributed by atoms with Crippen LogP contribution in [0.5, 0.6) is 0 Å². The molecule has 2 aliphatic rings. The second kappa shape index (κ2) is 8.35. The number of carbonyl (C=O) groups is 1. The van der Waals surface area contributed by atoms with Gasteiger partial charge in [0.05, 0.1) is 11.3 Å². The minimum Gasteiger partial charge on any atom is -0.511 e. The molecule has 124 valence electrons. The Bertz CT molecular complexity index is 445. The van der Waals surface area contributed by atoms with Crippen molar-refractivity contribution in [2.24, 2.45) is 17.0 Å². The summed E-state index contributed by atoms with van der Waals surface area (Å²) in [6, 6.07) is 0. The molecular weight excluding hydrogens is 278 g/mol. The fourth-order valence-corrected chi connectivity index (χ4v) is 3.80. The number of Topliss-reactive ketones (excluding diaryl/α,β-unsaturated/α-hetero) is 1. The number of ketones is 1. The smallest absolute Gasteiger partial charge is 0.168 e. The van der Waals surface area contributed by atoms with Crippen LogP contribution in [0.2, 0.25) is 0 Å². The average Bonchev–Trinajstić information content (AvgIpc) is 2.79. The molecule has 1 saturated carbocycles. The van der Waals surface area contributed by atoms with Crippen LogP contribution in [0.15, 0.2) is 16.5 Å². The SMILES string of the molecule is CCO/N=C(\CC)C1=C(O)CC(C2CCCCCC2)CC1=O. The maximum Gasteiger partial charge on any atom is 0.168 e. The second-order valence-electron chi connectivity index (χ2n) is 6.47. The molecule has 2 aliphatic carbocycles. The van der Waals surface area contributed by atoms with E-state index < -0.39 is 0 Å². The van der Waals surface area contributed by atoms with Crippen molar-refractivity contribution in [1.82, 2.24) is 0 Å². The van der Waals surface area contributed by atoms with Crippen LogP contribution in [-0.4, -0.2) is 23.2 Å². The number of hydrogen-bond acceptors (Lipinski definition) is 4. The first kappa shape index (κ1) is 17.0. The Labute approximate surface area is 133 Å². The van der Waals surface area contributed by atoms with Crippen molar-refractivity contribution in [1.29, 1.82) is 0 Å². The zero-order valence-corrected chi connectivity index (χ0v) is 13.9. The second-order valence-corrected chi connectivity index (χ2v) is 6.47. The lowest BCUT2D eigenvalue weighted by Crippen LogP contribution is -2.28. The first-order valence-corrected chi connectivity index (χ1v) is 8.81. The van der Waals surface area contributed by atoms with Gasteiger partial charge in [0.1, 0.15) is 12.4 Å². The number of aliphatic hydroxyl groups excluding tert-OH is 1. The number of rotatable bonds is 5. The van der Waals surface area contributed by atoms with Gasteiger partial charge in [-0.3, -0.25) is 4.79 Å². The fourth-order valence-electron chi connectivity index (χ4n) is 3.80. The van der Waals surface area contributed by atoms with E-state index in [-0.39, 0.29) is 11.5 Å². The zero-order chi connectivity index (χ0) is 15.9. The molecule has 4 heteroatoms. The molecule has 1 N–H and O–H groups in total. The molecule has 0 bridgehead atoms. The number of hydrogen-bond donors (Lipinski definition) is 1. The van der Waals surface area contributed by atoms with Crippen molar-refractivity contribution in [3.05, 3.63) is 11.3 Å². The molecule has 0 saturated heterocycles. The van der Waals surface area contributed by atoms with Crippen molar-refractivity contribution in [2.75, 3.05) is 6.61 Å². The molecule has 0 aromatic heterocycles. The predicted octanol–water partition coefficient (Wildman–Crippen LogP) is 4.55. The molecule has 1 atom stereocenters. The first-order valence-electron chi connectivity index (χ1n) is 8.81. The summed E-state index contributed by atoms with van der Waals surface area (Å²) in [4.78, 5) is 17.6. The third kappa shape index (κ3) is 4.11. The fraction of sp³-hybridized carbons (Fsp3) is 0.778. The summed E-state index contributed by atoms with van der Waals surface area (Å²) in [7, 11) is 0. The quantitative estimate of drug-likeness (QED) is 0.460. The minimum atomic E-state index is 0.0401. The highest BCUT2D eigenvalue weighted by Gasteiger charge is 2.34. The Morgan fingerprint density at radius 1 is 1.14 bits per heavy atom. The highest BCUT2D eigenvalue weighted by Crippen LogP contribution is 2.38. The molecular formula is C18H29NO3. The Balaban J connectivity index is 2.13. The van der Waals surface area contributed by atoms with Crippen LogP contribution < -0.4 is 0 Å². The summed E-state index contributed by atoms with van der Waals surface area (Å²) in [5.74, 6) is 1.16. The molecule has 0 heterocycles. The van der Waals surface area contributed by atoms with E-state index in [2.05, 4.69) is 5.16 Å². The lowest BCUT2D eigenvalue weighted by atomic mass is 9.75. The Kier molecular flexibility index (Phi) is 6.47. The average molecular weight is 307 g/mol. The van der Waals surface area contributed by atoms with Crippen molar-refractivity contribution in [3.8, 4) is 0 Å². The van der Waals surface area contributed by atoms with Crippen LogP contribution in [0.4, 0.5) is 0 Å². The molecule has 22 heavy (non-hydrogen) atoms. The summed E-state index contributed by atoms with van der Waals surface area (Å²) < 4.78 is 0. The van der Waals surface area contributed by atoms with Gasteiger partial charge in [-0.25, -0.2) is 0 Å². The van der Waals surface area contributed by atoms with Crippen molar-refractivity contribution in [2.45, 2.75) is 71.6 Å². The molecule has 0 aliphatic heterocycles. The predicted molar refractivity (Wildman–Crippen MR) is 87.9 cm³/mol. The highest BCUT2D eigenvalue weighted by molar-refractivity contribution is 6.22. The maximum absolute atomic E-state index is 12.6. The molecule has 2 rings (SSSR count). The van der Waals surface area contributed by atoms with Gasteiger partial charge in [-0.15, -0.1) is 0 Å². The first-order chi connectivity index (χ1) is 10.7. The van der Waals surface area contributed by atoms with Gasteiger partial charge in [0.25, 0.3) is 0 Å². The largest absolute Gasteiger partial charge is 0.511 e. The lowest BCUT2D eigenvalue weighted by Gasteiger charge is -2.30. The Morgan fingerprint density at radius 2 is 1.82 bits per heavy atom. The zero-order valence-electron chi connectivity index (χ0n) is 13.9. The number of nitrogens with zero attached hydrogens (tertiary/aromatic N) is 1. The molecule has 0 aromatic carbocycles. The molecule has 1 unspecified atom stereocenters. The van der Waals surface area contributed by atoms with Gasteiger partial charge in [-0.1, -0.05) is 50.6 Å². The molecule has 0 radical (unpaired) electrons. The number of carbonyl (C=O) groups excluding carboxylic acids is 1. The molecule has 1 fully saturated rings. The van der Waals surface area contributed by atoms with E-state index in [1.54, 1.807) is 0 Å². The number of oxime groups is 1. The van der Waals surface area contributed by atoms with Crippen LogP contribution in [0.1, 0.15) is 71.6 Å². The van der Waals surface area contributed by atoms with E-state index in [0.29, 0.717) is 49.0 Å². The van der Waals surface area contributed by atoms with E-state index in [1.165, 1.54) is 38.5 Å². The topological polar surface area (TPSA) is 58.9 Å². The van der Waals surface area contributed by atoms with Gasteiger partial charge in [0.15, 0.2) is 5.78 Å². The van der Waals surface area contributed by atoms with Gasteiger partial charge in [-0.2, -0.15) is 0 Å². The van der Waals surface area contributed by atoms with Crippen LogP contribution in [0.25, 0.3) is 0 Å². The van der Waals surface area contributed by atoms with Gasteiger partial charge >= 0.3 is 0 Å². The van der Waals surface area contributed by atoms with Gasteiger partial charge < -0.3 is 9.94 Å². The third-order valence-electron chi connectivity index (χ3n) is 4.96. The van der Waals surface area contributed by atoms with Crippen LogP contribution in [0, 0.1) is 11.8 Å². The Morgan fingerprint density at radius 3 is 2.36 bits per heavy atom. The maximum atomic E-state index is 12.6. The molecule has 4 nitrogen and oxygen atoms in total. The lowest BCUT2D eigenvalue weighted by molar-refractivity contribution is -0.117. The summed E-state index contributed by atoms with van der Waals surface area (Å²) in [6.45, 7) is 4.26. The van der Waals surface area contributed by atoms with Gasteiger partial charge in [0.2, 0.25) is 0 Å². The van der Waals surface area contributed by atoms with Crippen LogP contribution in [0.3, 0.4) is 0 Å². The summed E-state index contributed by atoms with van der Waals surface area (Å²) in [5.41, 5.74) is 1.00. The van der Waals surface area contributed by atoms with Crippen molar-refractivity contribution < 1.29 is 14.7 Å². The van der Waals surface area contributed by atoms with E-state index in [0.717, 1.165) is 0 Å². The summed E-state index contributed by atoms with van der Waals surface area (Å²) in [5, 5.41) is 14.4. The number of aliphatic hydroxyl groups is 1. The molecule has 0 aromatic rings. The van der Waals surface area contributed by atoms with E-state index in [9.17, 15) is 9.90 Å². The minimum absolute atomic E-state index is 0.0401. The highest BCUT2D eigenvalue weighted by atomic mass is 16.6. The van der Waals surface area contributed by atoms with Gasteiger partial charge in [0, 0.05) is 12.8 Å². The normalized spacial score (nSPS) is 25.3. The van der Waals surface area contributed by atoms with Crippen LogP contribution in [-0.2, 0) is 9.63 Å². The monoisotopic (exact) mass is 307 g/mol. The summed E-state index contributed by atoms with van der Waals surface area (Å²) >= 11 is 0. The number of allylic oxidation sites excluding steroid dienone is 2.